The maximum Gasteiger partial charge on any atom is 0.0602 e. The Labute approximate surface area is 105 Å². The zero-order chi connectivity index (χ0) is 12.6. The Kier molecular flexibility index (Phi) is 3.32. The summed E-state index contributed by atoms with van der Waals surface area (Å²) >= 11 is 0. The lowest BCUT2D eigenvalue weighted by atomic mass is 9.96. The molecule has 1 aromatic carbocycles. The average molecular weight is 232 g/mol. The summed E-state index contributed by atoms with van der Waals surface area (Å²) in [4.78, 5) is 2.42. The Morgan fingerprint density at radius 1 is 1.24 bits per heavy atom. The number of benzene rings is 1. The van der Waals surface area contributed by atoms with Crippen molar-refractivity contribution >= 4 is 11.4 Å². The summed E-state index contributed by atoms with van der Waals surface area (Å²) in [6, 6.07) is 7.40. The smallest absolute Gasteiger partial charge is 0.0602 e. The van der Waals surface area contributed by atoms with Gasteiger partial charge in [0, 0.05) is 19.6 Å². The molecule has 1 N–H and O–H groups in total. The molecule has 1 unspecified atom stereocenters. The van der Waals surface area contributed by atoms with E-state index < -0.39 is 0 Å². The Bertz CT molecular complexity index is 396. The van der Waals surface area contributed by atoms with Gasteiger partial charge in [0.05, 0.1) is 11.4 Å². The lowest BCUT2D eigenvalue weighted by molar-refractivity contribution is 0.482. The van der Waals surface area contributed by atoms with Crippen LogP contribution in [0, 0.1) is 5.92 Å². The SMILES string of the molecule is CC(C)c1ccc2c(c1)NCC(C(C)C)N2C. The molecule has 2 nitrogen and oxygen atoms in total. The van der Waals surface area contributed by atoms with E-state index in [1.54, 1.807) is 0 Å². The van der Waals surface area contributed by atoms with Crippen LogP contribution in [0.3, 0.4) is 0 Å². The molecular formula is C15H24N2. The molecule has 0 saturated heterocycles. The number of hydrogen-bond acceptors (Lipinski definition) is 2. The van der Waals surface area contributed by atoms with Gasteiger partial charge in [0.15, 0.2) is 0 Å². The first-order valence-corrected chi connectivity index (χ1v) is 6.61. The van der Waals surface area contributed by atoms with E-state index in [1.165, 1.54) is 16.9 Å². The molecule has 0 fully saturated rings. The predicted octanol–water partition coefficient (Wildman–Crippen LogP) is 3.70. The van der Waals surface area contributed by atoms with Crippen molar-refractivity contribution in [3.05, 3.63) is 23.8 Å². The highest BCUT2D eigenvalue weighted by Crippen LogP contribution is 2.34. The molecule has 0 saturated carbocycles. The normalized spacial score (nSPS) is 19.5. The van der Waals surface area contributed by atoms with Gasteiger partial charge < -0.3 is 10.2 Å². The first kappa shape index (κ1) is 12.3. The van der Waals surface area contributed by atoms with Crippen LogP contribution in [-0.2, 0) is 0 Å². The fourth-order valence-corrected chi connectivity index (χ4v) is 2.57. The van der Waals surface area contributed by atoms with Crippen molar-refractivity contribution in [3.63, 3.8) is 0 Å². The van der Waals surface area contributed by atoms with E-state index in [4.69, 9.17) is 0 Å². The Morgan fingerprint density at radius 3 is 2.53 bits per heavy atom. The molecule has 17 heavy (non-hydrogen) atoms. The average Bonchev–Trinajstić information content (AvgIpc) is 2.28. The summed E-state index contributed by atoms with van der Waals surface area (Å²) in [6.45, 7) is 10.1. The van der Waals surface area contributed by atoms with E-state index in [0.29, 0.717) is 17.9 Å². The van der Waals surface area contributed by atoms with Crippen LogP contribution < -0.4 is 10.2 Å². The molecule has 1 aliphatic heterocycles. The number of rotatable bonds is 2. The molecule has 0 bridgehead atoms. The Balaban J connectivity index is 2.32. The first-order valence-electron chi connectivity index (χ1n) is 6.61. The molecular weight excluding hydrogens is 208 g/mol. The van der Waals surface area contributed by atoms with E-state index in [9.17, 15) is 0 Å². The number of nitrogens with one attached hydrogen (secondary N) is 1. The second-order valence-corrected chi connectivity index (χ2v) is 5.73. The van der Waals surface area contributed by atoms with Gasteiger partial charge in [-0.05, 0) is 29.5 Å². The van der Waals surface area contributed by atoms with Gasteiger partial charge in [-0.3, -0.25) is 0 Å². The maximum atomic E-state index is 3.58. The standard InChI is InChI=1S/C15H24N2/c1-10(2)12-6-7-14-13(8-12)16-9-15(11(3)4)17(14)5/h6-8,10-11,15-16H,9H2,1-5H3. The lowest BCUT2D eigenvalue weighted by Crippen LogP contribution is -2.44. The van der Waals surface area contributed by atoms with Crippen molar-refractivity contribution < 1.29 is 0 Å². The molecule has 0 amide bonds. The fourth-order valence-electron chi connectivity index (χ4n) is 2.57. The van der Waals surface area contributed by atoms with Crippen molar-refractivity contribution in [2.75, 3.05) is 23.8 Å². The molecule has 0 radical (unpaired) electrons. The highest BCUT2D eigenvalue weighted by atomic mass is 15.2. The predicted molar refractivity (Wildman–Crippen MR) is 76.0 cm³/mol. The monoisotopic (exact) mass is 232 g/mol. The van der Waals surface area contributed by atoms with Crippen molar-refractivity contribution in [2.45, 2.75) is 39.7 Å². The Morgan fingerprint density at radius 2 is 1.94 bits per heavy atom. The van der Waals surface area contributed by atoms with E-state index >= 15 is 0 Å². The van der Waals surface area contributed by atoms with E-state index in [2.05, 4.69) is 63.2 Å². The van der Waals surface area contributed by atoms with Gasteiger partial charge >= 0.3 is 0 Å². The number of likely N-dealkylation sites (N-methyl/N-ethyl adjacent to an activating group) is 1. The van der Waals surface area contributed by atoms with Gasteiger partial charge in [0.25, 0.3) is 0 Å². The van der Waals surface area contributed by atoms with Crippen LogP contribution in [-0.4, -0.2) is 19.6 Å². The zero-order valence-electron chi connectivity index (χ0n) is 11.6. The van der Waals surface area contributed by atoms with E-state index in [-0.39, 0.29) is 0 Å². The minimum Gasteiger partial charge on any atom is -0.381 e. The molecule has 1 atom stereocenters. The summed E-state index contributed by atoms with van der Waals surface area (Å²) in [5.41, 5.74) is 4.03. The largest absolute Gasteiger partial charge is 0.381 e. The second-order valence-electron chi connectivity index (χ2n) is 5.73. The summed E-state index contributed by atoms with van der Waals surface area (Å²) < 4.78 is 0. The minimum atomic E-state index is 0.590. The van der Waals surface area contributed by atoms with Crippen LogP contribution in [0.2, 0.25) is 0 Å². The van der Waals surface area contributed by atoms with E-state index in [1.807, 2.05) is 0 Å². The highest BCUT2D eigenvalue weighted by molar-refractivity contribution is 5.73. The number of hydrogen-bond donors (Lipinski definition) is 1. The van der Waals surface area contributed by atoms with Gasteiger partial charge in [0.2, 0.25) is 0 Å². The van der Waals surface area contributed by atoms with Gasteiger partial charge in [-0.1, -0.05) is 33.8 Å². The van der Waals surface area contributed by atoms with Crippen LogP contribution in [0.25, 0.3) is 0 Å². The number of anilines is 2. The van der Waals surface area contributed by atoms with Gasteiger partial charge in [-0.25, -0.2) is 0 Å². The third-order valence-electron chi connectivity index (χ3n) is 3.84. The third-order valence-corrected chi connectivity index (χ3v) is 3.84. The van der Waals surface area contributed by atoms with Crippen molar-refractivity contribution in [3.8, 4) is 0 Å². The third kappa shape index (κ3) is 2.26. The van der Waals surface area contributed by atoms with Crippen LogP contribution in [0.1, 0.15) is 39.2 Å². The summed E-state index contributed by atoms with van der Waals surface area (Å²) in [5.74, 6) is 1.26. The second kappa shape index (κ2) is 4.59. The van der Waals surface area contributed by atoms with E-state index in [0.717, 1.165) is 6.54 Å². The molecule has 0 aromatic heterocycles. The first-order chi connectivity index (χ1) is 8.00. The van der Waals surface area contributed by atoms with Crippen molar-refractivity contribution in [2.24, 2.45) is 5.92 Å². The molecule has 1 aliphatic rings. The Hall–Kier alpha value is -1.18. The van der Waals surface area contributed by atoms with Gasteiger partial charge in [-0.2, -0.15) is 0 Å². The molecule has 1 aromatic rings. The summed E-state index contributed by atoms with van der Waals surface area (Å²) in [5, 5.41) is 3.58. The van der Waals surface area contributed by atoms with Crippen molar-refractivity contribution in [1.29, 1.82) is 0 Å². The summed E-state index contributed by atoms with van der Waals surface area (Å²) in [7, 11) is 2.21. The topological polar surface area (TPSA) is 15.3 Å². The lowest BCUT2D eigenvalue weighted by Gasteiger charge is -2.39. The minimum absolute atomic E-state index is 0.590. The molecule has 2 rings (SSSR count). The number of fused-ring (bicyclic) bond motifs is 1. The molecule has 1 heterocycles. The quantitative estimate of drug-likeness (QED) is 0.836. The molecule has 94 valence electrons. The maximum absolute atomic E-state index is 3.58. The van der Waals surface area contributed by atoms with Crippen LogP contribution in [0.4, 0.5) is 11.4 Å². The number of nitrogens with zero attached hydrogens (tertiary/aromatic N) is 1. The van der Waals surface area contributed by atoms with Crippen molar-refractivity contribution in [1.82, 2.24) is 0 Å². The molecule has 0 aliphatic carbocycles. The summed E-state index contributed by atoms with van der Waals surface area (Å²) in [6.07, 6.45) is 0. The van der Waals surface area contributed by atoms with Crippen LogP contribution in [0.15, 0.2) is 18.2 Å². The highest BCUT2D eigenvalue weighted by Gasteiger charge is 2.25. The van der Waals surface area contributed by atoms with Crippen LogP contribution in [0.5, 0.6) is 0 Å². The molecule has 2 heteroatoms. The van der Waals surface area contributed by atoms with Gasteiger partial charge in [0.1, 0.15) is 0 Å². The fraction of sp³-hybridized carbons (Fsp3) is 0.600. The van der Waals surface area contributed by atoms with Crippen LogP contribution >= 0.6 is 0 Å². The zero-order valence-corrected chi connectivity index (χ0v) is 11.6. The molecule has 0 spiro atoms. The van der Waals surface area contributed by atoms with Gasteiger partial charge in [-0.15, -0.1) is 0 Å².